The van der Waals surface area contributed by atoms with E-state index >= 15 is 0 Å². The number of aromatic nitrogens is 2. The Morgan fingerprint density at radius 1 is 1.04 bits per heavy atom. The van der Waals surface area contributed by atoms with Crippen molar-refractivity contribution in [3.63, 3.8) is 0 Å². The van der Waals surface area contributed by atoms with Crippen molar-refractivity contribution in [1.29, 1.82) is 0 Å². The van der Waals surface area contributed by atoms with Gasteiger partial charge in [0.1, 0.15) is 12.4 Å². The number of carbonyl (C=O) groups is 1. The van der Waals surface area contributed by atoms with Crippen LogP contribution < -0.4 is 0 Å². The highest BCUT2D eigenvalue weighted by Crippen LogP contribution is 2.23. The molecule has 142 valence electrons. The van der Waals surface area contributed by atoms with E-state index in [0.717, 1.165) is 22.4 Å². The molecule has 1 heterocycles. The van der Waals surface area contributed by atoms with E-state index in [4.69, 9.17) is 16.6 Å². The maximum atomic E-state index is 13.1. The van der Waals surface area contributed by atoms with Crippen LogP contribution in [0.1, 0.15) is 39.1 Å². The fourth-order valence-electron chi connectivity index (χ4n) is 3.64. The van der Waals surface area contributed by atoms with Crippen LogP contribution in [0.5, 0.6) is 0 Å². The fourth-order valence-corrected chi connectivity index (χ4v) is 3.84. The molecule has 4 nitrogen and oxygen atoms in total. The highest BCUT2D eigenvalue weighted by Gasteiger charge is 2.22. The molecule has 3 aromatic rings. The first-order valence-electron chi connectivity index (χ1n) is 9.37. The van der Waals surface area contributed by atoms with E-state index in [-0.39, 0.29) is 24.5 Å². The average molecular weight is 384 g/mol. The number of hydrogen-bond acceptors (Lipinski definition) is 2. The maximum absolute atomic E-state index is 13.1. The van der Waals surface area contributed by atoms with Gasteiger partial charge in [0.25, 0.3) is 0 Å². The number of imidazole rings is 1. The smallest absolute Gasteiger partial charge is 0.243 e. The zero-order valence-corrected chi connectivity index (χ0v) is 17.1. The molecule has 1 aromatic heterocycles. The summed E-state index contributed by atoms with van der Waals surface area (Å²) in [5.74, 6) is 0.952. The van der Waals surface area contributed by atoms with Crippen LogP contribution in [0, 0.1) is 0 Å². The molecule has 27 heavy (non-hydrogen) atoms. The van der Waals surface area contributed by atoms with Crippen LogP contribution in [0.15, 0.2) is 48.5 Å². The first-order valence-corrected chi connectivity index (χ1v) is 9.75. The Morgan fingerprint density at radius 3 is 2.33 bits per heavy atom. The van der Waals surface area contributed by atoms with Crippen LogP contribution in [-0.4, -0.2) is 32.4 Å². The molecule has 3 rings (SSSR count). The standard InChI is InChI=1S/C22H26ClN3O/c1-15(2)26(16(3)4)22(27)14-25-20-12-8-7-11-19(20)24-21(25)13-17-9-5-6-10-18(17)23/h5-12,15-16H,13-14H2,1-4H3. The van der Waals surface area contributed by atoms with Gasteiger partial charge in [-0.2, -0.15) is 0 Å². The van der Waals surface area contributed by atoms with Gasteiger partial charge in [0.15, 0.2) is 0 Å². The van der Waals surface area contributed by atoms with Crippen molar-refractivity contribution < 1.29 is 4.79 Å². The molecule has 0 N–H and O–H groups in total. The van der Waals surface area contributed by atoms with Gasteiger partial charge >= 0.3 is 0 Å². The lowest BCUT2D eigenvalue weighted by Gasteiger charge is -2.31. The Morgan fingerprint density at radius 2 is 1.67 bits per heavy atom. The third-order valence-corrected chi connectivity index (χ3v) is 5.10. The molecular formula is C22H26ClN3O. The number of halogens is 1. The largest absolute Gasteiger partial charge is 0.336 e. The zero-order valence-electron chi connectivity index (χ0n) is 16.3. The molecule has 0 saturated carbocycles. The Balaban J connectivity index is 2.00. The van der Waals surface area contributed by atoms with Gasteiger partial charge < -0.3 is 9.47 Å². The van der Waals surface area contributed by atoms with Crippen LogP contribution in [0.25, 0.3) is 11.0 Å². The summed E-state index contributed by atoms with van der Waals surface area (Å²) in [6.07, 6.45) is 0.588. The molecule has 0 atom stereocenters. The highest BCUT2D eigenvalue weighted by molar-refractivity contribution is 6.31. The maximum Gasteiger partial charge on any atom is 0.243 e. The molecule has 0 aliphatic heterocycles. The zero-order chi connectivity index (χ0) is 19.6. The molecule has 0 fully saturated rings. The van der Waals surface area contributed by atoms with Crippen molar-refractivity contribution in [2.75, 3.05) is 0 Å². The molecule has 5 heteroatoms. The van der Waals surface area contributed by atoms with Crippen molar-refractivity contribution >= 4 is 28.5 Å². The van der Waals surface area contributed by atoms with Crippen LogP contribution in [0.4, 0.5) is 0 Å². The Bertz CT molecular complexity index is 938. The first kappa shape index (κ1) is 19.4. The molecule has 0 spiro atoms. The number of rotatable bonds is 6. The second-order valence-corrected chi connectivity index (χ2v) is 7.77. The third kappa shape index (κ3) is 4.16. The normalized spacial score (nSPS) is 11.5. The lowest BCUT2D eigenvalue weighted by atomic mass is 10.1. The molecule has 0 saturated heterocycles. The number of amides is 1. The summed E-state index contributed by atoms with van der Waals surface area (Å²) in [4.78, 5) is 19.8. The number of fused-ring (bicyclic) bond motifs is 1. The number of nitrogens with zero attached hydrogens (tertiary/aromatic N) is 3. The summed E-state index contributed by atoms with van der Waals surface area (Å²) < 4.78 is 2.03. The summed E-state index contributed by atoms with van der Waals surface area (Å²) in [6, 6.07) is 16.0. The van der Waals surface area contributed by atoms with Gasteiger partial charge in [0.05, 0.1) is 11.0 Å². The van der Waals surface area contributed by atoms with E-state index in [1.54, 1.807) is 0 Å². The minimum atomic E-state index is 0.101. The Kier molecular flexibility index (Phi) is 5.85. The van der Waals surface area contributed by atoms with Crippen LogP contribution in [0.3, 0.4) is 0 Å². The van der Waals surface area contributed by atoms with Gasteiger partial charge in [-0.15, -0.1) is 0 Å². The van der Waals surface area contributed by atoms with E-state index in [1.807, 2.05) is 58.0 Å². The molecule has 0 aliphatic rings. The monoisotopic (exact) mass is 383 g/mol. The van der Waals surface area contributed by atoms with E-state index < -0.39 is 0 Å². The summed E-state index contributed by atoms with van der Waals surface area (Å²) in [6.45, 7) is 8.48. The number of benzene rings is 2. The van der Waals surface area contributed by atoms with Crippen molar-refractivity contribution in [2.24, 2.45) is 0 Å². The van der Waals surface area contributed by atoms with Crippen molar-refractivity contribution in [1.82, 2.24) is 14.5 Å². The molecule has 2 aromatic carbocycles. The highest BCUT2D eigenvalue weighted by atomic mass is 35.5. The number of carbonyl (C=O) groups excluding carboxylic acids is 1. The van der Waals surface area contributed by atoms with Gasteiger partial charge in [-0.05, 0) is 51.5 Å². The molecule has 0 bridgehead atoms. The van der Waals surface area contributed by atoms with Gasteiger partial charge in [-0.25, -0.2) is 4.98 Å². The predicted molar refractivity (Wildman–Crippen MR) is 111 cm³/mol. The molecule has 1 amide bonds. The molecule has 0 aliphatic carbocycles. The Labute approximate surface area is 165 Å². The predicted octanol–water partition coefficient (Wildman–Crippen LogP) is 4.93. The Hall–Kier alpha value is -2.33. The summed E-state index contributed by atoms with van der Waals surface area (Å²) in [7, 11) is 0. The second-order valence-electron chi connectivity index (χ2n) is 7.36. The molecular weight excluding hydrogens is 358 g/mol. The molecule has 0 radical (unpaired) electrons. The van der Waals surface area contributed by atoms with E-state index in [0.29, 0.717) is 11.4 Å². The number of hydrogen-bond donors (Lipinski definition) is 0. The van der Waals surface area contributed by atoms with Crippen LogP contribution >= 0.6 is 11.6 Å². The summed E-state index contributed by atoms with van der Waals surface area (Å²) in [5.41, 5.74) is 2.88. The molecule has 0 unspecified atom stereocenters. The van der Waals surface area contributed by atoms with Gasteiger partial charge in [-0.3, -0.25) is 4.79 Å². The van der Waals surface area contributed by atoms with E-state index in [2.05, 4.69) is 27.7 Å². The minimum Gasteiger partial charge on any atom is -0.336 e. The summed E-state index contributed by atoms with van der Waals surface area (Å²) >= 11 is 6.35. The topological polar surface area (TPSA) is 38.1 Å². The van der Waals surface area contributed by atoms with Crippen molar-refractivity contribution in [3.8, 4) is 0 Å². The summed E-state index contributed by atoms with van der Waals surface area (Å²) in [5, 5.41) is 0.716. The van der Waals surface area contributed by atoms with Crippen LogP contribution in [0.2, 0.25) is 5.02 Å². The number of para-hydroxylation sites is 2. The van der Waals surface area contributed by atoms with E-state index in [1.165, 1.54) is 0 Å². The minimum absolute atomic E-state index is 0.101. The lowest BCUT2D eigenvalue weighted by Crippen LogP contribution is -2.43. The van der Waals surface area contributed by atoms with Gasteiger partial charge in [0, 0.05) is 23.5 Å². The van der Waals surface area contributed by atoms with Gasteiger partial charge in [-0.1, -0.05) is 41.9 Å². The SMILES string of the molecule is CC(C)N(C(=O)Cn1c(Cc2ccccc2Cl)nc2ccccc21)C(C)C. The van der Waals surface area contributed by atoms with Gasteiger partial charge in [0.2, 0.25) is 5.91 Å². The lowest BCUT2D eigenvalue weighted by molar-refractivity contribution is -0.135. The average Bonchev–Trinajstić information content (AvgIpc) is 2.94. The van der Waals surface area contributed by atoms with Crippen LogP contribution in [-0.2, 0) is 17.8 Å². The fraction of sp³-hybridized carbons (Fsp3) is 0.364. The second kappa shape index (κ2) is 8.13. The van der Waals surface area contributed by atoms with E-state index in [9.17, 15) is 4.79 Å². The third-order valence-electron chi connectivity index (χ3n) is 4.73. The van der Waals surface area contributed by atoms with Crippen molar-refractivity contribution in [2.45, 2.75) is 52.7 Å². The van der Waals surface area contributed by atoms with Crippen molar-refractivity contribution in [3.05, 3.63) is 64.9 Å². The first-order chi connectivity index (χ1) is 12.9. The quantitative estimate of drug-likeness (QED) is 0.605.